The second-order valence-electron chi connectivity index (χ2n) is 8.13. The van der Waals surface area contributed by atoms with Gasteiger partial charge in [-0.05, 0) is 71.4 Å². The lowest BCUT2D eigenvalue weighted by molar-refractivity contribution is 0.482. The van der Waals surface area contributed by atoms with Crippen LogP contribution < -0.4 is 0 Å². The summed E-state index contributed by atoms with van der Waals surface area (Å²) in [6.07, 6.45) is 9.31. The van der Waals surface area contributed by atoms with Gasteiger partial charge in [0.05, 0.1) is 0 Å². The normalized spacial score (nSPS) is 17.3. The Hall–Kier alpha value is -1.70. The Morgan fingerprint density at radius 1 is 0.923 bits per heavy atom. The van der Waals surface area contributed by atoms with Gasteiger partial charge in [0.1, 0.15) is 0 Å². The van der Waals surface area contributed by atoms with Crippen molar-refractivity contribution in [2.24, 2.45) is 5.92 Å². The number of rotatable bonds is 6. The molecule has 2 aliphatic rings. The summed E-state index contributed by atoms with van der Waals surface area (Å²) in [4.78, 5) is 0. The molecule has 2 heteroatoms. The molecule has 4 rings (SSSR count). The minimum atomic E-state index is -0.617. The Kier molecular flexibility index (Phi) is 4.86. The van der Waals surface area contributed by atoms with Crippen molar-refractivity contribution in [2.45, 2.75) is 71.6 Å². The van der Waals surface area contributed by atoms with E-state index in [0.717, 1.165) is 48.8 Å². The lowest BCUT2D eigenvalue weighted by atomic mass is 9.96. The minimum Gasteiger partial charge on any atom is -0.203 e. The number of fused-ring (bicyclic) bond motifs is 5. The van der Waals surface area contributed by atoms with Gasteiger partial charge in [0, 0.05) is 5.56 Å². The van der Waals surface area contributed by atoms with Gasteiger partial charge in [-0.25, -0.2) is 8.78 Å². The molecule has 2 aromatic carbocycles. The molecular formula is C24H28F2. The first-order valence-corrected chi connectivity index (χ1v) is 10.3. The standard InChI is InChI=1S/C24H28F2/c1-3-5-6-8-15-9-10-18-17(11-15)14-20-19-12-16(7-4-2)13-21(19)23(25)24(26)22(18)20/h9-11,16H,3-8,12-14H2,1-2H3. The highest BCUT2D eigenvalue weighted by Crippen LogP contribution is 2.46. The van der Waals surface area contributed by atoms with E-state index in [1.165, 1.54) is 30.4 Å². The zero-order valence-electron chi connectivity index (χ0n) is 15.9. The Morgan fingerprint density at radius 3 is 2.50 bits per heavy atom. The lowest BCUT2D eigenvalue weighted by Crippen LogP contribution is -2.00. The smallest absolute Gasteiger partial charge is 0.167 e. The van der Waals surface area contributed by atoms with Gasteiger partial charge in [-0.1, -0.05) is 57.7 Å². The highest BCUT2D eigenvalue weighted by Gasteiger charge is 2.35. The molecule has 2 aromatic rings. The molecule has 0 bridgehead atoms. The van der Waals surface area contributed by atoms with Gasteiger partial charge in [-0.3, -0.25) is 0 Å². The molecule has 26 heavy (non-hydrogen) atoms. The zero-order chi connectivity index (χ0) is 18.3. The van der Waals surface area contributed by atoms with Crippen LogP contribution in [0.4, 0.5) is 8.78 Å². The number of unbranched alkanes of at least 4 members (excludes halogenated alkanes) is 2. The first-order chi connectivity index (χ1) is 12.6. The molecule has 0 radical (unpaired) electrons. The molecule has 0 saturated carbocycles. The molecule has 0 saturated heterocycles. The summed E-state index contributed by atoms with van der Waals surface area (Å²) < 4.78 is 29.7. The van der Waals surface area contributed by atoms with E-state index in [9.17, 15) is 8.78 Å². The molecular weight excluding hydrogens is 326 g/mol. The van der Waals surface area contributed by atoms with Gasteiger partial charge in [-0.2, -0.15) is 0 Å². The summed E-state index contributed by atoms with van der Waals surface area (Å²) in [5.74, 6) is -0.727. The highest BCUT2D eigenvalue weighted by atomic mass is 19.2. The van der Waals surface area contributed by atoms with E-state index in [2.05, 4.69) is 26.0 Å². The summed E-state index contributed by atoms with van der Waals surface area (Å²) >= 11 is 0. The summed E-state index contributed by atoms with van der Waals surface area (Å²) in [5, 5.41) is 0. The molecule has 2 aliphatic carbocycles. The molecule has 0 nitrogen and oxygen atoms in total. The summed E-state index contributed by atoms with van der Waals surface area (Å²) in [5.41, 5.74) is 6.81. The van der Waals surface area contributed by atoms with Crippen molar-refractivity contribution in [1.82, 2.24) is 0 Å². The molecule has 0 N–H and O–H groups in total. The van der Waals surface area contributed by atoms with Crippen molar-refractivity contribution in [3.63, 3.8) is 0 Å². The fraction of sp³-hybridized carbons (Fsp3) is 0.500. The van der Waals surface area contributed by atoms with Crippen LogP contribution in [-0.2, 0) is 25.7 Å². The van der Waals surface area contributed by atoms with Gasteiger partial charge < -0.3 is 0 Å². The highest BCUT2D eigenvalue weighted by molar-refractivity contribution is 5.80. The van der Waals surface area contributed by atoms with E-state index in [4.69, 9.17) is 0 Å². The van der Waals surface area contributed by atoms with Crippen LogP contribution in [0.3, 0.4) is 0 Å². The van der Waals surface area contributed by atoms with E-state index in [1.807, 2.05) is 6.07 Å². The fourth-order valence-electron chi connectivity index (χ4n) is 5.00. The van der Waals surface area contributed by atoms with Crippen molar-refractivity contribution in [3.8, 4) is 11.1 Å². The number of benzene rings is 2. The molecule has 0 aliphatic heterocycles. The first-order valence-electron chi connectivity index (χ1n) is 10.3. The number of hydrogen-bond acceptors (Lipinski definition) is 0. The largest absolute Gasteiger partial charge is 0.203 e. The van der Waals surface area contributed by atoms with Gasteiger partial charge in [-0.15, -0.1) is 0 Å². The van der Waals surface area contributed by atoms with Gasteiger partial charge in [0.2, 0.25) is 0 Å². The summed E-state index contributed by atoms with van der Waals surface area (Å²) in [6, 6.07) is 6.36. The maximum absolute atomic E-state index is 14.9. The monoisotopic (exact) mass is 354 g/mol. The van der Waals surface area contributed by atoms with Crippen molar-refractivity contribution in [3.05, 3.63) is 57.7 Å². The van der Waals surface area contributed by atoms with Crippen molar-refractivity contribution < 1.29 is 8.78 Å². The molecule has 138 valence electrons. The topological polar surface area (TPSA) is 0 Å². The number of halogens is 2. The SMILES string of the molecule is CCCCCc1ccc2c(c1)Cc1c3c(c(F)c(F)c1-2)CC(CCC)C3. The van der Waals surface area contributed by atoms with Crippen LogP contribution in [0.2, 0.25) is 0 Å². The van der Waals surface area contributed by atoms with E-state index in [-0.39, 0.29) is 0 Å². The second-order valence-corrected chi connectivity index (χ2v) is 8.13. The molecule has 0 amide bonds. The number of aryl methyl sites for hydroxylation is 1. The average Bonchev–Trinajstić information content (AvgIpc) is 3.21. The van der Waals surface area contributed by atoms with E-state index < -0.39 is 11.6 Å². The molecule has 1 unspecified atom stereocenters. The average molecular weight is 354 g/mol. The molecule has 0 spiro atoms. The lowest BCUT2D eigenvalue weighted by Gasteiger charge is -2.11. The minimum absolute atomic E-state index is 0.476. The third kappa shape index (κ3) is 2.88. The van der Waals surface area contributed by atoms with Crippen LogP contribution in [0.15, 0.2) is 18.2 Å². The number of hydrogen-bond donors (Lipinski definition) is 0. The Morgan fingerprint density at radius 2 is 1.73 bits per heavy atom. The Balaban J connectivity index is 1.70. The maximum Gasteiger partial charge on any atom is 0.167 e. The van der Waals surface area contributed by atoms with E-state index in [0.29, 0.717) is 23.5 Å². The molecule has 1 atom stereocenters. The van der Waals surface area contributed by atoms with Crippen LogP contribution in [0, 0.1) is 17.6 Å². The van der Waals surface area contributed by atoms with Crippen LogP contribution in [0.25, 0.3) is 11.1 Å². The Labute approximate surface area is 155 Å². The zero-order valence-corrected chi connectivity index (χ0v) is 15.9. The molecule has 0 heterocycles. The molecule has 0 aromatic heterocycles. The predicted molar refractivity (Wildman–Crippen MR) is 104 cm³/mol. The van der Waals surface area contributed by atoms with Crippen LogP contribution in [-0.4, -0.2) is 0 Å². The Bertz CT molecular complexity index is 835. The predicted octanol–water partition coefficient (Wildman–Crippen LogP) is 6.78. The third-order valence-electron chi connectivity index (χ3n) is 6.27. The summed E-state index contributed by atoms with van der Waals surface area (Å²) in [7, 11) is 0. The first kappa shape index (κ1) is 17.7. The summed E-state index contributed by atoms with van der Waals surface area (Å²) in [6.45, 7) is 4.38. The van der Waals surface area contributed by atoms with Gasteiger partial charge in [0.25, 0.3) is 0 Å². The van der Waals surface area contributed by atoms with E-state index >= 15 is 0 Å². The molecule has 0 fully saturated rings. The third-order valence-corrected chi connectivity index (χ3v) is 6.27. The maximum atomic E-state index is 14.9. The van der Waals surface area contributed by atoms with Crippen LogP contribution in [0.1, 0.15) is 73.8 Å². The van der Waals surface area contributed by atoms with E-state index in [1.54, 1.807) is 0 Å². The van der Waals surface area contributed by atoms with Crippen molar-refractivity contribution in [2.75, 3.05) is 0 Å². The second kappa shape index (κ2) is 7.13. The van der Waals surface area contributed by atoms with Crippen molar-refractivity contribution >= 4 is 0 Å². The van der Waals surface area contributed by atoms with Crippen LogP contribution >= 0.6 is 0 Å². The fourth-order valence-corrected chi connectivity index (χ4v) is 5.00. The quantitative estimate of drug-likeness (QED) is 0.428. The van der Waals surface area contributed by atoms with Crippen molar-refractivity contribution in [1.29, 1.82) is 0 Å². The van der Waals surface area contributed by atoms with Gasteiger partial charge >= 0.3 is 0 Å². The van der Waals surface area contributed by atoms with Gasteiger partial charge in [0.15, 0.2) is 11.6 Å². The van der Waals surface area contributed by atoms with Crippen LogP contribution in [0.5, 0.6) is 0 Å².